The molecule has 0 radical (unpaired) electrons. The van der Waals surface area contributed by atoms with Crippen LogP contribution in [0, 0.1) is 6.92 Å². The molecule has 0 amide bonds. The largest absolute Gasteiger partial charge is 0.465 e. The SMILES string of the molecule is COC(=O)c1c(C)oc2ccc(NS(=O)(=O)c3cc(Cl)ccc3Cl)cc12. The van der Waals surface area contributed by atoms with Crippen molar-refractivity contribution in [1.29, 1.82) is 0 Å². The summed E-state index contributed by atoms with van der Waals surface area (Å²) in [5, 5.41) is 0.716. The normalized spacial score (nSPS) is 11.5. The molecule has 2 aromatic carbocycles. The summed E-state index contributed by atoms with van der Waals surface area (Å²) in [6.45, 7) is 1.63. The van der Waals surface area contributed by atoms with Gasteiger partial charge in [-0.15, -0.1) is 0 Å². The van der Waals surface area contributed by atoms with Gasteiger partial charge in [-0.1, -0.05) is 23.2 Å². The molecule has 26 heavy (non-hydrogen) atoms. The molecule has 0 unspecified atom stereocenters. The van der Waals surface area contributed by atoms with Crippen molar-refractivity contribution < 1.29 is 22.4 Å². The average Bonchev–Trinajstić information content (AvgIpc) is 2.91. The lowest BCUT2D eigenvalue weighted by Crippen LogP contribution is -2.13. The fourth-order valence-electron chi connectivity index (χ4n) is 2.53. The fourth-order valence-corrected chi connectivity index (χ4v) is 4.35. The van der Waals surface area contributed by atoms with Crippen LogP contribution in [0.2, 0.25) is 10.0 Å². The average molecular weight is 414 g/mol. The van der Waals surface area contributed by atoms with Crippen molar-refractivity contribution in [2.24, 2.45) is 0 Å². The molecule has 6 nitrogen and oxygen atoms in total. The lowest BCUT2D eigenvalue weighted by molar-refractivity contribution is 0.0600. The van der Waals surface area contributed by atoms with E-state index in [0.29, 0.717) is 16.7 Å². The van der Waals surface area contributed by atoms with Crippen molar-refractivity contribution in [3.8, 4) is 0 Å². The third-order valence-corrected chi connectivity index (χ3v) is 5.79. The van der Waals surface area contributed by atoms with Gasteiger partial charge in [0.2, 0.25) is 0 Å². The number of esters is 1. The lowest BCUT2D eigenvalue weighted by Gasteiger charge is -2.10. The van der Waals surface area contributed by atoms with Gasteiger partial charge in [0.05, 0.1) is 12.1 Å². The van der Waals surface area contributed by atoms with Gasteiger partial charge in [0.15, 0.2) is 0 Å². The van der Waals surface area contributed by atoms with Gasteiger partial charge in [-0.05, 0) is 43.3 Å². The number of hydrogen-bond acceptors (Lipinski definition) is 5. The third kappa shape index (κ3) is 3.38. The van der Waals surface area contributed by atoms with Gasteiger partial charge in [-0.2, -0.15) is 0 Å². The molecule has 1 N–H and O–H groups in total. The molecule has 0 aliphatic rings. The van der Waals surface area contributed by atoms with Crippen LogP contribution in [-0.2, 0) is 14.8 Å². The Labute approximate surface area is 159 Å². The third-order valence-electron chi connectivity index (χ3n) is 3.69. The molecular formula is C17H13Cl2NO5S. The second-order valence-electron chi connectivity index (χ2n) is 5.42. The maximum Gasteiger partial charge on any atom is 0.342 e. The standard InChI is InChI=1S/C17H13Cl2NO5S/c1-9-16(17(21)24-2)12-8-11(4-6-14(12)25-9)20-26(22,23)15-7-10(18)3-5-13(15)19/h3-8,20H,1-2H3. The zero-order valence-electron chi connectivity index (χ0n) is 13.7. The lowest BCUT2D eigenvalue weighted by atomic mass is 10.1. The molecule has 3 aromatic rings. The smallest absolute Gasteiger partial charge is 0.342 e. The van der Waals surface area contributed by atoms with E-state index in [4.69, 9.17) is 32.4 Å². The maximum absolute atomic E-state index is 12.6. The predicted octanol–water partition coefficient (Wildman–Crippen LogP) is 4.64. The van der Waals surface area contributed by atoms with E-state index in [0.717, 1.165) is 0 Å². The number of sulfonamides is 1. The van der Waals surface area contributed by atoms with Crippen LogP contribution in [0.15, 0.2) is 45.7 Å². The van der Waals surface area contributed by atoms with E-state index in [9.17, 15) is 13.2 Å². The zero-order chi connectivity index (χ0) is 19.1. The first-order valence-electron chi connectivity index (χ1n) is 7.32. The topological polar surface area (TPSA) is 85.6 Å². The number of carbonyl (C=O) groups excluding carboxylic acids is 1. The van der Waals surface area contributed by atoms with Gasteiger partial charge in [-0.3, -0.25) is 4.72 Å². The number of halogens is 2. The van der Waals surface area contributed by atoms with Gasteiger partial charge >= 0.3 is 5.97 Å². The Balaban J connectivity index is 2.06. The van der Waals surface area contributed by atoms with E-state index >= 15 is 0 Å². The van der Waals surface area contributed by atoms with Gasteiger partial charge in [0.1, 0.15) is 21.8 Å². The molecule has 3 rings (SSSR count). The second-order valence-corrected chi connectivity index (χ2v) is 7.91. The Kier molecular flexibility index (Phi) is 4.88. The molecule has 1 aromatic heterocycles. The van der Waals surface area contributed by atoms with Crippen molar-refractivity contribution in [1.82, 2.24) is 0 Å². The van der Waals surface area contributed by atoms with E-state index < -0.39 is 16.0 Å². The van der Waals surface area contributed by atoms with E-state index in [1.807, 2.05) is 0 Å². The summed E-state index contributed by atoms with van der Waals surface area (Å²) in [7, 11) is -2.72. The van der Waals surface area contributed by atoms with Crippen LogP contribution in [0.25, 0.3) is 11.0 Å². The van der Waals surface area contributed by atoms with Crippen molar-refractivity contribution in [2.75, 3.05) is 11.8 Å². The van der Waals surface area contributed by atoms with Gasteiger partial charge in [0, 0.05) is 16.1 Å². The van der Waals surface area contributed by atoms with Gasteiger partial charge in [-0.25, -0.2) is 13.2 Å². The van der Waals surface area contributed by atoms with E-state index in [2.05, 4.69) is 4.72 Å². The Bertz CT molecular complexity index is 1120. The predicted molar refractivity (Wildman–Crippen MR) is 99.6 cm³/mol. The number of aryl methyl sites for hydroxylation is 1. The van der Waals surface area contributed by atoms with Crippen molar-refractivity contribution in [2.45, 2.75) is 11.8 Å². The van der Waals surface area contributed by atoms with Crippen LogP contribution < -0.4 is 4.72 Å². The summed E-state index contributed by atoms with van der Waals surface area (Å²) in [5.74, 6) is -0.191. The molecule has 0 fully saturated rings. The van der Waals surface area contributed by atoms with Crippen LogP contribution in [-0.4, -0.2) is 21.5 Å². The maximum atomic E-state index is 12.6. The summed E-state index contributed by atoms with van der Waals surface area (Å²) in [5.41, 5.74) is 0.912. The number of benzene rings is 2. The van der Waals surface area contributed by atoms with E-state index in [1.54, 1.807) is 13.0 Å². The summed E-state index contributed by atoms with van der Waals surface area (Å²) >= 11 is 11.8. The number of nitrogens with one attached hydrogen (secondary N) is 1. The number of fused-ring (bicyclic) bond motifs is 1. The fraction of sp³-hybridized carbons (Fsp3) is 0.118. The molecule has 0 atom stereocenters. The van der Waals surface area contributed by atoms with Crippen LogP contribution in [0.3, 0.4) is 0 Å². The number of carbonyl (C=O) groups is 1. The van der Waals surface area contributed by atoms with Crippen molar-refractivity contribution >= 4 is 55.9 Å². The Morgan fingerprint density at radius 1 is 1.15 bits per heavy atom. The monoisotopic (exact) mass is 413 g/mol. The number of hydrogen-bond donors (Lipinski definition) is 1. The highest BCUT2D eigenvalue weighted by Crippen LogP contribution is 2.31. The van der Waals surface area contributed by atoms with Crippen LogP contribution >= 0.6 is 23.2 Å². The summed E-state index contributed by atoms with van der Waals surface area (Å²) < 4.78 is 37.9. The Morgan fingerprint density at radius 3 is 2.58 bits per heavy atom. The number of methoxy groups -OCH3 is 1. The number of furan rings is 1. The van der Waals surface area contributed by atoms with E-state index in [1.165, 1.54) is 37.4 Å². The first-order chi connectivity index (χ1) is 12.2. The Hall–Kier alpha value is -2.22. The second kappa shape index (κ2) is 6.83. The zero-order valence-corrected chi connectivity index (χ0v) is 16.0. The van der Waals surface area contributed by atoms with Gasteiger partial charge < -0.3 is 9.15 Å². The summed E-state index contributed by atoms with van der Waals surface area (Å²) in [6, 6.07) is 8.72. The molecule has 1 heterocycles. The van der Waals surface area contributed by atoms with Crippen LogP contribution in [0.1, 0.15) is 16.1 Å². The number of anilines is 1. The number of rotatable bonds is 4. The first kappa shape index (κ1) is 18.6. The summed E-state index contributed by atoms with van der Waals surface area (Å²) in [6.07, 6.45) is 0. The molecule has 0 aliphatic carbocycles. The minimum atomic E-state index is -3.98. The highest BCUT2D eigenvalue weighted by atomic mass is 35.5. The molecule has 0 spiro atoms. The minimum Gasteiger partial charge on any atom is -0.465 e. The molecule has 136 valence electrons. The van der Waals surface area contributed by atoms with Crippen molar-refractivity contribution in [3.63, 3.8) is 0 Å². The molecule has 0 saturated heterocycles. The Morgan fingerprint density at radius 2 is 1.88 bits per heavy atom. The van der Waals surface area contributed by atoms with E-state index in [-0.39, 0.29) is 26.2 Å². The van der Waals surface area contributed by atoms with Crippen molar-refractivity contribution in [3.05, 3.63) is 57.8 Å². The quantitative estimate of drug-likeness (QED) is 0.629. The molecule has 0 saturated carbocycles. The highest BCUT2D eigenvalue weighted by molar-refractivity contribution is 7.92. The molecule has 9 heteroatoms. The highest BCUT2D eigenvalue weighted by Gasteiger charge is 2.22. The summed E-state index contributed by atoms with van der Waals surface area (Å²) in [4.78, 5) is 11.8. The molecule has 0 aliphatic heterocycles. The van der Waals surface area contributed by atoms with Crippen LogP contribution in [0.4, 0.5) is 5.69 Å². The van der Waals surface area contributed by atoms with Gasteiger partial charge in [0.25, 0.3) is 10.0 Å². The number of ether oxygens (including phenoxy) is 1. The van der Waals surface area contributed by atoms with Crippen LogP contribution in [0.5, 0.6) is 0 Å². The molecular weight excluding hydrogens is 401 g/mol. The first-order valence-corrected chi connectivity index (χ1v) is 9.56. The molecule has 0 bridgehead atoms. The minimum absolute atomic E-state index is 0.0392.